The van der Waals surface area contributed by atoms with Crippen LogP contribution in [0.1, 0.15) is 25.3 Å². The van der Waals surface area contributed by atoms with Crippen molar-refractivity contribution in [2.75, 3.05) is 24.2 Å². The highest BCUT2D eigenvalue weighted by Gasteiger charge is 2.16. The normalized spacial score (nSPS) is 19.5. The number of thioether (sulfide) groups is 1. The maximum Gasteiger partial charge on any atom is 0.223 e. The molecule has 1 N–H and O–H groups in total. The van der Waals surface area contributed by atoms with Crippen molar-refractivity contribution in [2.45, 2.75) is 37.8 Å². The van der Waals surface area contributed by atoms with Gasteiger partial charge in [-0.3, -0.25) is 0 Å². The summed E-state index contributed by atoms with van der Waals surface area (Å²) in [5.41, 5.74) is 1.13. The standard InChI is InChI=1S/C12H19N3OS/c1-3-13-12-14-7-9(2)11(15-12)17-8-10-5-4-6-16-10/h7,10H,3-6,8H2,1-2H3,(H,13,14,15). The van der Waals surface area contributed by atoms with E-state index in [4.69, 9.17) is 4.74 Å². The predicted octanol–water partition coefficient (Wildman–Crippen LogP) is 2.49. The van der Waals surface area contributed by atoms with Crippen LogP contribution in [0.15, 0.2) is 11.2 Å². The summed E-state index contributed by atoms with van der Waals surface area (Å²) in [4.78, 5) is 8.75. The molecule has 1 aliphatic heterocycles. The van der Waals surface area contributed by atoms with E-state index in [-0.39, 0.29) is 0 Å². The molecular formula is C12H19N3OS. The second-order valence-electron chi connectivity index (χ2n) is 4.16. The largest absolute Gasteiger partial charge is 0.377 e. The van der Waals surface area contributed by atoms with E-state index in [0.717, 1.165) is 29.5 Å². The highest BCUT2D eigenvalue weighted by molar-refractivity contribution is 7.99. The van der Waals surface area contributed by atoms with E-state index in [9.17, 15) is 0 Å². The molecule has 2 heterocycles. The molecule has 0 amide bonds. The van der Waals surface area contributed by atoms with Crippen LogP contribution in [0.2, 0.25) is 0 Å². The quantitative estimate of drug-likeness (QED) is 0.645. The molecule has 2 rings (SSSR count). The second kappa shape index (κ2) is 6.21. The molecule has 0 aliphatic carbocycles. The van der Waals surface area contributed by atoms with Crippen LogP contribution in [0.3, 0.4) is 0 Å². The Morgan fingerprint density at radius 3 is 3.18 bits per heavy atom. The molecular weight excluding hydrogens is 234 g/mol. The van der Waals surface area contributed by atoms with Crippen LogP contribution in [-0.4, -0.2) is 35.0 Å². The molecule has 0 radical (unpaired) electrons. The van der Waals surface area contributed by atoms with Crippen LogP contribution in [-0.2, 0) is 4.74 Å². The highest BCUT2D eigenvalue weighted by Crippen LogP contribution is 2.25. The van der Waals surface area contributed by atoms with Gasteiger partial charge in [0, 0.05) is 25.1 Å². The monoisotopic (exact) mass is 253 g/mol. The maximum absolute atomic E-state index is 5.61. The minimum Gasteiger partial charge on any atom is -0.377 e. The minimum atomic E-state index is 0.400. The third-order valence-electron chi connectivity index (χ3n) is 2.69. The van der Waals surface area contributed by atoms with Gasteiger partial charge in [0.05, 0.1) is 6.10 Å². The zero-order valence-electron chi connectivity index (χ0n) is 10.4. The van der Waals surface area contributed by atoms with Gasteiger partial charge < -0.3 is 10.1 Å². The lowest BCUT2D eigenvalue weighted by molar-refractivity contribution is 0.129. The molecule has 17 heavy (non-hydrogen) atoms. The third kappa shape index (κ3) is 3.57. The van der Waals surface area contributed by atoms with Crippen molar-refractivity contribution < 1.29 is 4.74 Å². The van der Waals surface area contributed by atoms with Gasteiger partial charge in [-0.05, 0) is 32.3 Å². The molecule has 1 unspecified atom stereocenters. The molecule has 0 spiro atoms. The minimum absolute atomic E-state index is 0.400. The fraction of sp³-hybridized carbons (Fsp3) is 0.667. The van der Waals surface area contributed by atoms with E-state index >= 15 is 0 Å². The zero-order chi connectivity index (χ0) is 12.1. The average molecular weight is 253 g/mol. The number of anilines is 1. The number of aryl methyl sites for hydroxylation is 1. The summed E-state index contributed by atoms with van der Waals surface area (Å²) in [7, 11) is 0. The molecule has 94 valence electrons. The molecule has 1 aliphatic rings. The number of rotatable bonds is 5. The van der Waals surface area contributed by atoms with Gasteiger partial charge in [-0.25, -0.2) is 9.97 Å². The molecule has 1 aromatic heterocycles. The average Bonchev–Trinajstić information content (AvgIpc) is 2.83. The molecule has 0 bridgehead atoms. The van der Waals surface area contributed by atoms with Crippen LogP contribution >= 0.6 is 11.8 Å². The van der Waals surface area contributed by atoms with Gasteiger partial charge in [0.1, 0.15) is 5.03 Å². The first-order valence-electron chi connectivity index (χ1n) is 6.11. The van der Waals surface area contributed by atoms with Crippen LogP contribution in [0.4, 0.5) is 5.95 Å². The van der Waals surface area contributed by atoms with Gasteiger partial charge in [-0.2, -0.15) is 0 Å². The van der Waals surface area contributed by atoms with Crippen molar-refractivity contribution >= 4 is 17.7 Å². The van der Waals surface area contributed by atoms with Crippen LogP contribution in [0.25, 0.3) is 0 Å². The van der Waals surface area contributed by atoms with Crippen LogP contribution < -0.4 is 5.32 Å². The van der Waals surface area contributed by atoms with Gasteiger partial charge in [-0.1, -0.05) is 0 Å². The summed E-state index contributed by atoms with van der Waals surface area (Å²) in [5.74, 6) is 1.71. The summed E-state index contributed by atoms with van der Waals surface area (Å²) < 4.78 is 5.61. The Morgan fingerprint density at radius 2 is 2.47 bits per heavy atom. The highest BCUT2D eigenvalue weighted by atomic mass is 32.2. The van der Waals surface area contributed by atoms with Gasteiger partial charge in [0.25, 0.3) is 0 Å². The van der Waals surface area contributed by atoms with E-state index in [2.05, 4.69) is 15.3 Å². The van der Waals surface area contributed by atoms with E-state index in [0.29, 0.717) is 12.1 Å². The Kier molecular flexibility index (Phi) is 4.62. The molecule has 0 saturated carbocycles. The third-order valence-corrected chi connectivity index (χ3v) is 3.92. The van der Waals surface area contributed by atoms with E-state index < -0.39 is 0 Å². The van der Waals surface area contributed by atoms with Crippen molar-refractivity contribution in [3.63, 3.8) is 0 Å². The summed E-state index contributed by atoms with van der Waals surface area (Å²) >= 11 is 1.77. The first-order chi connectivity index (χ1) is 8.29. The maximum atomic E-state index is 5.61. The number of hydrogen-bond donors (Lipinski definition) is 1. The molecule has 5 heteroatoms. The molecule has 4 nitrogen and oxygen atoms in total. The van der Waals surface area contributed by atoms with E-state index in [1.165, 1.54) is 12.8 Å². The van der Waals surface area contributed by atoms with Gasteiger partial charge in [-0.15, -0.1) is 11.8 Å². The number of nitrogens with one attached hydrogen (secondary N) is 1. The Labute approximate surface area is 107 Å². The summed E-state index contributed by atoms with van der Waals surface area (Å²) in [5, 5.41) is 4.20. The molecule has 1 aromatic rings. The van der Waals surface area contributed by atoms with Crippen molar-refractivity contribution in [3.05, 3.63) is 11.8 Å². The Hall–Kier alpha value is -0.810. The SMILES string of the molecule is CCNc1ncc(C)c(SCC2CCCO2)n1. The fourth-order valence-electron chi connectivity index (χ4n) is 1.76. The smallest absolute Gasteiger partial charge is 0.223 e. The summed E-state index contributed by atoms with van der Waals surface area (Å²) in [6.45, 7) is 5.85. The van der Waals surface area contributed by atoms with Gasteiger partial charge in [0.15, 0.2) is 0 Å². The topological polar surface area (TPSA) is 47.0 Å². The van der Waals surface area contributed by atoms with Crippen molar-refractivity contribution in [2.24, 2.45) is 0 Å². The lowest BCUT2D eigenvalue weighted by Gasteiger charge is -2.10. The van der Waals surface area contributed by atoms with Gasteiger partial charge >= 0.3 is 0 Å². The zero-order valence-corrected chi connectivity index (χ0v) is 11.2. The predicted molar refractivity (Wildman–Crippen MR) is 70.6 cm³/mol. The van der Waals surface area contributed by atoms with Crippen LogP contribution in [0.5, 0.6) is 0 Å². The number of ether oxygens (including phenoxy) is 1. The number of nitrogens with zero attached hydrogens (tertiary/aromatic N) is 2. The summed E-state index contributed by atoms with van der Waals surface area (Å²) in [6, 6.07) is 0. The Balaban J connectivity index is 1.95. The summed E-state index contributed by atoms with van der Waals surface area (Å²) in [6.07, 6.45) is 4.65. The fourth-order valence-corrected chi connectivity index (χ4v) is 2.80. The molecule has 1 fully saturated rings. The van der Waals surface area contributed by atoms with Gasteiger partial charge in [0.2, 0.25) is 5.95 Å². The number of hydrogen-bond acceptors (Lipinski definition) is 5. The van der Waals surface area contributed by atoms with Crippen molar-refractivity contribution in [3.8, 4) is 0 Å². The molecule has 1 saturated heterocycles. The van der Waals surface area contributed by atoms with E-state index in [1.807, 2.05) is 20.0 Å². The van der Waals surface area contributed by atoms with Crippen molar-refractivity contribution in [1.82, 2.24) is 9.97 Å². The molecule has 0 aromatic carbocycles. The first-order valence-corrected chi connectivity index (χ1v) is 7.10. The Bertz CT molecular complexity index is 367. The lowest BCUT2D eigenvalue weighted by atomic mass is 10.3. The first kappa shape index (κ1) is 12.6. The van der Waals surface area contributed by atoms with Crippen molar-refractivity contribution in [1.29, 1.82) is 0 Å². The second-order valence-corrected chi connectivity index (χ2v) is 5.17. The number of aromatic nitrogens is 2. The lowest BCUT2D eigenvalue weighted by Crippen LogP contribution is -2.09. The van der Waals surface area contributed by atoms with E-state index in [1.54, 1.807) is 11.8 Å². The van der Waals surface area contributed by atoms with Crippen LogP contribution in [0, 0.1) is 6.92 Å². The Morgan fingerprint density at radius 1 is 1.59 bits per heavy atom. The molecule has 1 atom stereocenters.